The lowest BCUT2D eigenvalue weighted by Crippen LogP contribution is -2.46. The van der Waals surface area contributed by atoms with Gasteiger partial charge in [0.2, 0.25) is 5.91 Å². The second-order valence-electron chi connectivity index (χ2n) is 6.86. The number of hydrogen-bond acceptors (Lipinski definition) is 4. The average Bonchev–Trinajstić information content (AvgIpc) is 3.09. The van der Waals surface area contributed by atoms with Gasteiger partial charge in [-0.2, -0.15) is 0 Å². The number of aliphatic imine (C=N–C) groups is 1. The van der Waals surface area contributed by atoms with Crippen molar-refractivity contribution in [2.75, 3.05) is 33.7 Å². The number of rotatable bonds is 6. The van der Waals surface area contributed by atoms with Crippen molar-refractivity contribution in [3.05, 3.63) is 16.1 Å². The van der Waals surface area contributed by atoms with E-state index in [9.17, 15) is 4.79 Å². The van der Waals surface area contributed by atoms with Gasteiger partial charge in [0.1, 0.15) is 0 Å². The Balaban J connectivity index is 1.74. The number of hydrogen-bond donors (Lipinski definition) is 2. The quantitative estimate of drug-likeness (QED) is 0.599. The summed E-state index contributed by atoms with van der Waals surface area (Å²) in [4.78, 5) is 22.9. The number of guanidine groups is 1. The molecule has 25 heavy (non-hydrogen) atoms. The highest BCUT2D eigenvalue weighted by atomic mass is 32.1. The van der Waals surface area contributed by atoms with Crippen LogP contribution < -0.4 is 10.6 Å². The van der Waals surface area contributed by atoms with Crippen molar-refractivity contribution in [3.8, 4) is 0 Å². The topological polar surface area (TPSA) is 69.6 Å². The van der Waals surface area contributed by atoms with Gasteiger partial charge in [-0.1, -0.05) is 13.8 Å². The number of likely N-dealkylation sites (tertiary alicyclic amines) is 1. The van der Waals surface area contributed by atoms with Crippen LogP contribution in [0.3, 0.4) is 0 Å². The molecule has 0 unspecified atom stereocenters. The summed E-state index contributed by atoms with van der Waals surface area (Å²) in [7, 11) is 3.54. The number of piperidine rings is 1. The third-order valence-electron chi connectivity index (χ3n) is 4.61. The standard InChI is InChI=1S/C18H31N5OS/c1-13(2)17-22-15(12-25-17)5-8-21-18(20-4)23-9-6-14(7-10-23)11-16(24)19-3/h12-14H,5-11H2,1-4H3,(H,19,24)(H,20,21). The molecule has 0 aromatic carbocycles. The lowest BCUT2D eigenvalue weighted by Gasteiger charge is -2.34. The van der Waals surface area contributed by atoms with Crippen LogP contribution in [0.4, 0.5) is 0 Å². The van der Waals surface area contributed by atoms with Crippen molar-refractivity contribution in [1.82, 2.24) is 20.5 Å². The molecule has 0 radical (unpaired) electrons. The molecule has 7 heteroatoms. The number of nitrogens with one attached hydrogen (secondary N) is 2. The number of aromatic nitrogens is 1. The lowest BCUT2D eigenvalue weighted by molar-refractivity contribution is -0.121. The van der Waals surface area contributed by atoms with Crippen molar-refractivity contribution in [2.24, 2.45) is 10.9 Å². The Morgan fingerprint density at radius 2 is 2.16 bits per heavy atom. The molecule has 1 fully saturated rings. The van der Waals surface area contributed by atoms with E-state index < -0.39 is 0 Å². The van der Waals surface area contributed by atoms with E-state index in [0.29, 0.717) is 18.3 Å². The molecule has 6 nitrogen and oxygen atoms in total. The van der Waals surface area contributed by atoms with Crippen molar-refractivity contribution in [2.45, 2.75) is 45.4 Å². The minimum atomic E-state index is 0.144. The summed E-state index contributed by atoms with van der Waals surface area (Å²) < 4.78 is 0. The van der Waals surface area contributed by atoms with Crippen LogP contribution in [0.15, 0.2) is 10.4 Å². The van der Waals surface area contributed by atoms with Crippen LogP contribution in [-0.2, 0) is 11.2 Å². The second kappa shape index (κ2) is 9.75. The molecule has 1 aromatic rings. The zero-order chi connectivity index (χ0) is 18.2. The number of thiazole rings is 1. The van der Waals surface area contributed by atoms with Crippen LogP contribution in [0, 0.1) is 5.92 Å². The van der Waals surface area contributed by atoms with Crippen LogP contribution in [0.25, 0.3) is 0 Å². The summed E-state index contributed by atoms with van der Waals surface area (Å²) >= 11 is 1.74. The zero-order valence-corrected chi connectivity index (χ0v) is 16.7. The Morgan fingerprint density at radius 3 is 2.72 bits per heavy atom. The van der Waals surface area contributed by atoms with Crippen LogP contribution in [0.2, 0.25) is 0 Å². The lowest BCUT2D eigenvalue weighted by atomic mass is 9.93. The van der Waals surface area contributed by atoms with E-state index in [1.807, 2.05) is 7.05 Å². The Bertz CT molecular complexity index is 576. The summed E-state index contributed by atoms with van der Waals surface area (Å²) in [6, 6.07) is 0. The van der Waals surface area contributed by atoms with Crippen molar-refractivity contribution in [1.29, 1.82) is 0 Å². The maximum Gasteiger partial charge on any atom is 0.220 e. The Morgan fingerprint density at radius 1 is 1.44 bits per heavy atom. The summed E-state index contributed by atoms with van der Waals surface area (Å²) in [6.45, 7) is 7.10. The van der Waals surface area contributed by atoms with Gasteiger partial charge in [-0.05, 0) is 18.8 Å². The Kier molecular flexibility index (Phi) is 7.68. The van der Waals surface area contributed by atoms with E-state index in [1.165, 1.54) is 5.01 Å². The Labute approximate surface area is 155 Å². The van der Waals surface area contributed by atoms with E-state index in [0.717, 1.165) is 50.6 Å². The molecule has 140 valence electrons. The summed E-state index contributed by atoms with van der Waals surface area (Å²) in [5, 5.41) is 9.53. The first-order valence-electron chi connectivity index (χ1n) is 9.14. The van der Waals surface area contributed by atoms with Gasteiger partial charge >= 0.3 is 0 Å². The van der Waals surface area contributed by atoms with Gasteiger partial charge in [0.15, 0.2) is 5.96 Å². The molecule has 1 amide bonds. The smallest absolute Gasteiger partial charge is 0.220 e. The van der Waals surface area contributed by atoms with Gasteiger partial charge in [-0.3, -0.25) is 9.79 Å². The SMILES string of the molecule is CN=C(NCCc1csc(C(C)C)n1)N1CCC(CC(=O)NC)CC1. The average molecular weight is 366 g/mol. The first kappa shape index (κ1) is 19.7. The van der Waals surface area contributed by atoms with E-state index in [1.54, 1.807) is 18.4 Å². The van der Waals surface area contributed by atoms with Crippen LogP contribution in [0.5, 0.6) is 0 Å². The monoisotopic (exact) mass is 365 g/mol. The highest BCUT2D eigenvalue weighted by Crippen LogP contribution is 2.21. The van der Waals surface area contributed by atoms with Crippen molar-refractivity contribution in [3.63, 3.8) is 0 Å². The normalized spacial score (nSPS) is 16.4. The van der Waals surface area contributed by atoms with E-state index in [-0.39, 0.29) is 5.91 Å². The molecule has 1 aliphatic rings. The molecule has 0 saturated carbocycles. The van der Waals surface area contributed by atoms with E-state index in [4.69, 9.17) is 0 Å². The first-order chi connectivity index (χ1) is 12.0. The molecule has 0 atom stereocenters. The summed E-state index contributed by atoms with van der Waals surface area (Å²) in [6.07, 6.45) is 3.63. The highest BCUT2D eigenvalue weighted by molar-refractivity contribution is 7.09. The van der Waals surface area contributed by atoms with E-state index >= 15 is 0 Å². The number of nitrogens with zero attached hydrogens (tertiary/aromatic N) is 3. The molecule has 1 aliphatic heterocycles. The molecule has 2 rings (SSSR count). The summed E-state index contributed by atoms with van der Waals surface area (Å²) in [5.41, 5.74) is 1.15. The maximum atomic E-state index is 11.5. The molecular formula is C18H31N5OS. The van der Waals surface area contributed by atoms with Gasteiger partial charge in [0.25, 0.3) is 0 Å². The van der Waals surface area contributed by atoms with Gasteiger partial charge < -0.3 is 15.5 Å². The molecule has 1 aromatic heterocycles. The number of carbonyl (C=O) groups is 1. The molecule has 0 bridgehead atoms. The van der Waals surface area contributed by atoms with Crippen LogP contribution in [-0.4, -0.2) is 55.5 Å². The van der Waals surface area contributed by atoms with Crippen molar-refractivity contribution >= 4 is 23.2 Å². The fourth-order valence-electron chi connectivity index (χ4n) is 3.05. The first-order valence-corrected chi connectivity index (χ1v) is 10.0. The summed E-state index contributed by atoms with van der Waals surface area (Å²) in [5.74, 6) is 2.08. The minimum absolute atomic E-state index is 0.144. The molecule has 2 N–H and O–H groups in total. The Hall–Kier alpha value is -1.63. The second-order valence-corrected chi connectivity index (χ2v) is 7.75. The molecule has 0 spiro atoms. The van der Waals surface area contributed by atoms with Crippen LogP contribution in [0.1, 0.15) is 49.7 Å². The molecule has 0 aliphatic carbocycles. The van der Waals surface area contributed by atoms with Gasteiger partial charge in [0.05, 0.1) is 10.7 Å². The maximum absolute atomic E-state index is 11.5. The molecule has 2 heterocycles. The van der Waals surface area contributed by atoms with Crippen molar-refractivity contribution < 1.29 is 4.79 Å². The largest absolute Gasteiger partial charge is 0.359 e. The van der Waals surface area contributed by atoms with Gasteiger partial charge in [-0.15, -0.1) is 11.3 Å². The third kappa shape index (κ3) is 5.99. The van der Waals surface area contributed by atoms with Gasteiger partial charge in [-0.25, -0.2) is 4.98 Å². The fraction of sp³-hybridized carbons (Fsp3) is 0.722. The van der Waals surface area contributed by atoms with Gasteiger partial charge in [0, 0.05) is 57.9 Å². The number of carbonyl (C=O) groups excluding carboxylic acids is 1. The van der Waals surface area contributed by atoms with E-state index in [2.05, 4.69) is 44.7 Å². The predicted molar refractivity (Wildman–Crippen MR) is 104 cm³/mol. The molecule has 1 saturated heterocycles. The highest BCUT2D eigenvalue weighted by Gasteiger charge is 2.22. The molecular weight excluding hydrogens is 334 g/mol. The zero-order valence-electron chi connectivity index (χ0n) is 15.8. The van der Waals surface area contributed by atoms with Crippen LogP contribution >= 0.6 is 11.3 Å². The third-order valence-corrected chi connectivity index (χ3v) is 5.80. The fourth-order valence-corrected chi connectivity index (χ4v) is 3.92. The minimum Gasteiger partial charge on any atom is -0.359 e. The number of amides is 1. The predicted octanol–water partition coefficient (Wildman–Crippen LogP) is 2.23.